The third kappa shape index (κ3) is 4.75. The van der Waals surface area contributed by atoms with E-state index in [4.69, 9.17) is 4.74 Å². The molecule has 2 N–H and O–H groups in total. The number of nitrogens with zero attached hydrogens (tertiary/aromatic N) is 2. The predicted molar refractivity (Wildman–Crippen MR) is 114 cm³/mol. The molecule has 3 rings (SSSR count). The van der Waals surface area contributed by atoms with Gasteiger partial charge >= 0.3 is 5.97 Å². The molecule has 3 aromatic rings. The fourth-order valence-electron chi connectivity index (χ4n) is 3.35. The van der Waals surface area contributed by atoms with E-state index in [0.29, 0.717) is 30.5 Å². The van der Waals surface area contributed by atoms with E-state index in [1.807, 2.05) is 30.3 Å². The van der Waals surface area contributed by atoms with Crippen LogP contribution in [-0.4, -0.2) is 33.1 Å². The fourth-order valence-corrected chi connectivity index (χ4v) is 3.35. The minimum atomic E-state index is -0.256. The Balaban J connectivity index is 1.97. The largest absolute Gasteiger partial charge is 0.507 e. The van der Waals surface area contributed by atoms with Crippen molar-refractivity contribution in [1.82, 2.24) is 15.4 Å². The van der Waals surface area contributed by atoms with Crippen molar-refractivity contribution in [3.63, 3.8) is 0 Å². The number of phenols is 1. The molecular formula is C23H29N3O3. The minimum Gasteiger partial charge on any atom is -0.507 e. The Bertz CT molecular complexity index is 1000. The molecule has 6 nitrogen and oxygen atoms in total. The maximum Gasteiger partial charge on any atom is 0.306 e. The molecule has 0 atom stereocenters. The predicted octanol–water partition coefficient (Wildman–Crippen LogP) is 4.90. The smallest absolute Gasteiger partial charge is 0.306 e. The van der Waals surface area contributed by atoms with E-state index in [-0.39, 0.29) is 17.1 Å². The van der Waals surface area contributed by atoms with E-state index in [1.165, 1.54) is 0 Å². The molecular weight excluding hydrogens is 366 g/mol. The lowest BCUT2D eigenvalue weighted by Crippen LogP contribution is -2.13. The molecule has 0 fully saturated rings. The summed E-state index contributed by atoms with van der Waals surface area (Å²) in [5.74, 6) is 0.0475. The first-order valence-electron chi connectivity index (χ1n) is 10.1. The number of carbonyl (C=O) groups is 1. The molecule has 1 aromatic heterocycles. The van der Waals surface area contributed by atoms with Crippen molar-refractivity contribution in [2.45, 2.75) is 58.8 Å². The molecule has 0 spiro atoms. The van der Waals surface area contributed by atoms with Crippen LogP contribution in [0.5, 0.6) is 5.75 Å². The summed E-state index contributed by atoms with van der Waals surface area (Å²) in [5, 5.41) is 22.1. The number of rotatable bonds is 7. The molecule has 6 heteroatoms. The highest BCUT2D eigenvalue weighted by Crippen LogP contribution is 2.41. The number of fused-ring (bicyclic) bond motifs is 1. The molecule has 0 amide bonds. The Morgan fingerprint density at radius 3 is 2.69 bits per heavy atom. The van der Waals surface area contributed by atoms with Crippen LogP contribution >= 0.6 is 0 Å². The van der Waals surface area contributed by atoms with Gasteiger partial charge in [-0.05, 0) is 36.0 Å². The Morgan fingerprint density at radius 2 is 1.97 bits per heavy atom. The minimum absolute atomic E-state index is 0.191. The third-order valence-electron chi connectivity index (χ3n) is 4.99. The van der Waals surface area contributed by atoms with Gasteiger partial charge in [0.2, 0.25) is 0 Å². The van der Waals surface area contributed by atoms with Crippen LogP contribution < -0.4 is 0 Å². The van der Waals surface area contributed by atoms with Gasteiger partial charge in [0, 0.05) is 23.1 Å². The summed E-state index contributed by atoms with van der Waals surface area (Å²) in [5.41, 5.74) is 4.52. The van der Waals surface area contributed by atoms with Gasteiger partial charge in [0.05, 0.1) is 6.61 Å². The average Bonchev–Trinajstić information content (AvgIpc) is 3.15. The Kier molecular flexibility index (Phi) is 6.20. The zero-order chi connectivity index (χ0) is 21.0. The van der Waals surface area contributed by atoms with Crippen LogP contribution in [0.2, 0.25) is 0 Å². The molecule has 0 radical (unpaired) electrons. The lowest BCUT2D eigenvalue weighted by molar-refractivity contribution is -0.143. The first-order chi connectivity index (χ1) is 13.8. The summed E-state index contributed by atoms with van der Waals surface area (Å²) in [6.45, 7) is 8.72. The lowest BCUT2D eigenvalue weighted by Gasteiger charge is -2.23. The van der Waals surface area contributed by atoms with Gasteiger partial charge in [-0.2, -0.15) is 15.4 Å². The second-order valence-corrected chi connectivity index (χ2v) is 8.36. The number of aromatic amines is 1. The SMILES string of the molecule is CCCCOC(=O)CCc1cc(-c2cccc3n[nH]nc23)c(O)c(C(C)(C)C)c1. The van der Waals surface area contributed by atoms with Crippen LogP contribution in [0.1, 0.15) is 58.1 Å². The van der Waals surface area contributed by atoms with Crippen molar-refractivity contribution in [3.8, 4) is 16.9 Å². The molecule has 0 aliphatic heterocycles. The van der Waals surface area contributed by atoms with Crippen molar-refractivity contribution in [2.75, 3.05) is 6.61 Å². The van der Waals surface area contributed by atoms with Gasteiger partial charge in [-0.3, -0.25) is 4.79 Å². The van der Waals surface area contributed by atoms with Crippen LogP contribution in [0.15, 0.2) is 30.3 Å². The number of nitrogens with one attached hydrogen (secondary N) is 1. The second kappa shape index (κ2) is 8.64. The van der Waals surface area contributed by atoms with Crippen molar-refractivity contribution >= 4 is 17.0 Å². The topological polar surface area (TPSA) is 88.1 Å². The maximum atomic E-state index is 12.0. The zero-order valence-electron chi connectivity index (χ0n) is 17.6. The van der Waals surface area contributed by atoms with Crippen molar-refractivity contribution in [3.05, 3.63) is 41.5 Å². The van der Waals surface area contributed by atoms with Crippen LogP contribution in [0.3, 0.4) is 0 Å². The number of unbranched alkanes of at least 4 members (excludes halogenated alkanes) is 1. The number of phenolic OH excluding ortho intramolecular Hbond substituents is 1. The molecule has 0 unspecified atom stereocenters. The summed E-state index contributed by atoms with van der Waals surface area (Å²) in [4.78, 5) is 12.0. The average molecular weight is 396 g/mol. The fraction of sp³-hybridized carbons (Fsp3) is 0.435. The van der Waals surface area contributed by atoms with Crippen molar-refractivity contribution < 1.29 is 14.6 Å². The van der Waals surface area contributed by atoms with Crippen molar-refractivity contribution in [1.29, 1.82) is 0 Å². The molecule has 0 bridgehead atoms. The molecule has 0 saturated carbocycles. The van der Waals surface area contributed by atoms with Gasteiger partial charge in [0.15, 0.2) is 0 Å². The first kappa shape index (κ1) is 20.8. The van der Waals surface area contributed by atoms with Crippen molar-refractivity contribution in [2.24, 2.45) is 0 Å². The number of benzene rings is 2. The number of aryl methyl sites for hydroxylation is 1. The number of carbonyl (C=O) groups excluding carboxylic acids is 1. The van der Waals surface area contributed by atoms with Crippen LogP contribution in [0.25, 0.3) is 22.2 Å². The normalized spacial score (nSPS) is 11.7. The highest BCUT2D eigenvalue weighted by atomic mass is 16.5. The van der Waals surface area contributed by atoms with Gasteiger partial charge in [0.1, 0.15) is 16.8 Å². The van der Waals surface area contributed by atoms with Crippen LogP contribution in [-0.2, 0) is 21.4 Å². The van der Waals surface area contributed by atoms with E-state index in [1.54, 1.807) is 0 Å². The van der Waals surface area contributed by atoms with E-state index >= 15 is 0 Å². The highest BCUT2D eigenvalue weighted by molar-refractivity contribution is 5.93. The van der Waals surface area contributed by atoms with E-state index in [2.05, 4.69) is 43.1 Å². The number of hydrogen-bond acceptors (Lipinski definition) is 5. The summed E-state index contributed by atoms with van der Waals surface area (Å²) in [7, 11) is 0. The highest BCUT2D eigenvalue weighted by Gasteiger charge is 2.23. The number of aromatic hydroxyl groups is 1. The van der Waals surface area contributed by atoms with Gasteiger partial charge in [-0.15, -0.1) is 0 Å². The Hall–Kier alpha value is -2.89. The Labute approximate surface area is 171 Å². The van der Waals surface area contributed by atoms with Gasteiger partial charge in [-0.25, -0.2) is 0 Å². The van der Waals surface area contributed by atoms with E-state index in [0.717, 1.165) is 35.0 Å². The molecule has 0 aliphatic rings. The number of esters is 1. The lowest BCUT2D eigenvalue weighted by atomic mass is 9.82. The van der Waals surface area contributed by atoms with Gasteiger partial charge in [-0.1, -0.05) is 52.3 Å². The standard InChI is InChI=1S/C23H29N3O3/c1-5-6-12-29-20(27)11-10-15-13-17(22(28)18(14-15)23(2,3)4)16-8-7-9-19-21(16)25-26-24-19/h7-9,13-14,28H,5-6,10-12H2,1-4H3,(H,24,25,26). The van der Waals surface area contributed by atoms with Crippen LogP contribution in [0, 0.1) is 0 Å². The quantitative estimate of drug-likeness (QED) is 0.439. The zero-order valence-corrected chi connectivity index (χ0v) is 17.6. The van der Waals surface area contributed by atoms with E-state index < -0.39 is 0 Å². The van der Waals surface area contributed by atoms with Crippen LogP contribution in [0.4, 0.5) is 0 Å². The maximum absolute atomic E-state index is 12.0. The number of hydrogen-bond donors (Lipinski definition) is 2. The Morgan fingerprint density at radius 1 is 1.17 bits per heavy atom. The second-order valence-electron chi connectivity index (χ2n) is 8.36. The van der Waals surface area contributed by atoms with Gasteiger partial charge in [0.25, 0.3) is 0 Å². The summed E-state index contributed by atoms with van der Waals surface area (Å²) >= 11 is 0. The summed E-state index contributed by atoms with van der Waals surface area (Å²) < 4.78 is 5.28. The molecule has 0 saturated heterocycles. The summed E-state index contributed by atoms with van der Waals surface area (Å²) in [6, 6.07) is 9.62. The number of para-hydroxylation sites is 1. The third-order valence-corrected chi connectivity index (χ3v) is 4.99. The molecule has 154 valence electrons. The van der Waals surface area contributed by atoms with E-state index in [9.17, 15) is 9.90 Å². The monoisotopic (exact) mass is 395 g/mol. The molecule has 2 aromatic carbocycles. The number of H-pyrrole nitrogens is 1. The number of aromatic nitrogens is 3. The molecule has 29 heavy (non-hydrogen) atoms. The molecule has 0 aliphatic carbocycles. The number of ether oxygens (including phenoxy) is 1. The van der Waals surface area contributed by atoms with Gasteiger partial charge < -0.3 is 9.84 Å². The summed E-state index contributed by atoms with van der Waals surface area (Å²) in [6.07, 6.45) is 2.74. The molecule has 1 heterocycles. The first-order valence-corrected chi connectivity index (χ1v) is 10.1.